The minimum Gasteiger partial charge on any atom is -0.376 e. The smallest absolute Gasteiger partial charge is 0.196 e. The van der Waals surface area contributed by atoms with Crippen molar-refractivity contribution in [1.29, 1.82) is 5.26 Å². The van der Waals surface area contributed by atoms with Gasteiger partial charge in [-0.25, -0.2) is 0 Å². The van der Waals surface area contributed by atoms with E-state index in [1.165, 1.54) is 0 Å². The van der Waals surface area contributed by atoms with E-state index in [-0.39, 0.29) is 12.2 Å². The SMILES string of the molecule is CO[C@@H]1[C@@H]2O[C@](C)(O[C@@H]2C#N)[C@@H](OC)[C@H]1OC. The van der Waals surface area contributed by atoms with Gasteiger partial charge in [0, 0.05) is 21.3 Å². The molecule has 0 aliphatic carbocycles. The van der Waals surface area contributed by atoms with Crippen LogP contribution in [0.2, 0.25) is 0 Å². The van der Waals surface area contributed by atoms with Crippen molar-refractivity contribution in [2.24, 2.45) is 0 Å². The summed E-state index contributed by atoms with van der Waals surface area (Å²) in [5.74, 6) is -0.963. The molecule has 96 valence electrons. The summed E-state index contributed by atoms with van der Waals surface area (Å²) in [5, 5.41) is 9.07. The van der Waals surface area contributed by atoms with Gasteiger partial charge in [0.1, 0.15) is 24.4 Å². The van der Waals surface area contributed by atoms with Crippen LogP contribution in [-0.2, 0) is 23.7 Å². The van der Waals surface area contributed by atoms with Crippen LogP contribution in [0.25, 0.3) is 0 Å². The lowest BCUT2D eigenvalue weighted by Gasteiger charge is -2.43. The van der Waals surface area contributed by atoms with Crippen LogP contribution in [-0.4, -0.2) is 57.6 Å². The highest BCUT2D eigenvalue weighted by Gasteiger charge is 2.62. The number of hydrogen-bond acceptors (Lipinski definition) is 6. The zero-order chi connectivity index (χ0) is 12.6. The number of hydrogen-bond donors (Lipinski definition) is 0. The minimum atomic E-state index is -0.963. The molecular formula is C11H17NO5. The molecule has 0 aromatic rings. The summed E-state index contributed by atoms with van der Waals surface area (Å²) < 4.78 is 27.6. The number of nitriles is 1. The predicted octanol–water partition coefficient (Wildman–Crippen LogP) is 0.0688. The Morgan fingerprint density at radius 1 is 1.06 bits per heavy atom. The maximum Gasteiger partial charge on any atom is 0.196 e. The maximum absolute atomic E-state index is 9.07. The minimum absolute atomic E-state index is 0.327. The van der Waals surface area contributed by atoms with E-state index in [2.05, 4.69) is 6.07 Å². The molecule has 0 saturated carbocycles. The highest BCUT2D eigenvalue weighted by molar-refractivity contribution is 5.10. The van der Waals surface area contributed by atoms with Gasteiger partial charge in [0.15, 0.2) is 11.9 Å². The summed E-state index contributed by atoms with van der Waals surface area (Å²) in [6.45, 7) is 1.75. The summed E-state index contributed by atoms with van der Waals surface area (Å²) in [5.41, 5.74) is 0. The topological polar surface area (TPSA) is 69.9 Å². The highest BCUT2D eigenvalue weighted by Crippen LogP contribution is 2.43. The van der Waals surface area contributed by atoms with Gasteiger partial charge in [0.2, 0.25) is 0 Å². The maximum atomic E-state index is 9.07. The van der Waals surface area contributed by atoms with E-state index < -0.39 is 24.1 Å². The first-order valence-electron chi connectivity index (χ1n) is 5.45. The molecule has 2 aliphatic rings. The molecule has 0 N–H and O–H groups in total. The monoisotopic (exact) mass is 243 g/mol. The van der Waals surface area contributed by atoms with Crippen LogP contribution in [0.15, 0.2) is 0 Å². The van der Waals surface area contributed by atoms with Gasteiger partial charge in [-0.1, -0.05) is 0 Å². The van der Waals surface area contributed by atoms with E-state index in [1.807, 2.05) is 0 Å². The number of nitrogens with zero attached hydrogens (tertiary/aromatic N) is 1. The Morgan fingerprint density at radius 2 is 1.71 bits per heavy atom. The van der Waals surface area contributed by atoms with Crippen molar-refractivity contribution >= 4 is 0 Å². The fourth-order valence-electron chi connectivity index (χ4n) is 2.68. The third kappa shape index (κ3) is 1.75. The van der Waals surface area contributed by atoms with Gasteiger partial charge in [0.05, 0.1) is 6.07 Å². The molecule has 0 spiro atoms. The van der Waals surface area contributed by atoms with Crippen molar-refractivity contribution in [1.82, 2.24) is 0 Å². The van der Waals surface area contributed by atoms with Gasteiger partial charge in [-0.05, 0) is 6.92 Å². The van der Waals surface area contributed by atoms with Gasteiger partial charge >= 0.3 is 0 Å². The molecule has 6 atom stereocenters. The second-order valence-electron chi connectivity index (χ2n) is 4.32. The van der Waals surface area contributed by atoms with Crippen LogP contribution < -0.4 is 0 Å². The van der Waals surface area contributed by atoms with Crippen LogP contribution in [0.3, 0.4) is 0 Å². The van der Waals surface area contributed by atoms with E-state index in [1.54, 1.807) is 28.3 Å². The van der Waals surface area contributed by atoms with Crippen LogP contribution in [0.4, 0.5) is 0 Å². The average molecular weight is 243 g/mol. The Balaban J connectivity index is 2.35. The second-order valence-corrected chi connectivity index (χ2v) is 4.32. The molecule has 2 aliphatic heterocycles. The average Bonchev–Trinajstić information content (AvgIpc) is 2.63. The molecule has 2 rings (SSSR count). The van der Waals surface area contributed by atoms with Crippen LogP contribution in [0, 0.1) is 11.3 Å². The largest absolute Gasteiger partial charge is 0.376 e. The second kappa shape index (κ2) is 4.52. The van der Waals surface area contributed by atoms with E-state index in [0.29, 0.717) is 0 Å². The fraction of sp³-hybridized carbons (Fsp3) is 0.909. The molecule has 2 heterocycles. The number of ether oxygens (including phenoxy) is 5. The molecule has 0 radical (unpaired) electrons. The van der Waals surface area contributed by atoms with Crippen molar-refractivity contribution in [2.45, 2.75) is 43.2 Å². The number of rotatable bonds is 3. The molecule has 6 heteroatoms. The Kier molecular flexibility index (Phi) is 3.39. The first-order chi connectivity index (χ1) is 8.11. The van der Waals surface area contributed by atoms with E-state index in [4.69, 9.17) is 28.9 Å². The number of methoxy groups -OCH3 is 3. The quantitative estimate of drug-likeness (QED) is 0.698. The molecule has 0 amide bonds. The first-order valence-corrected chi connectivity index (χ1v) is 5.45. The zero-order valence-electron chi connectivity index (χ0n) is 10.4. The van der Waals surface area contributed by atoms with Gasteiger partial charge in [-0.2, -0.15) is 5.26 Å². The zero-order valence-corrected chi connectivity index (χ0v) is 10.4. The molecule has 17 heavy (non-hydrogen) atoms. The number of fused-ring (bicyclic) bond motifs is 2. The Hall–Kier alpha value is -0.710. The van der Waals surface area contributed by atoms with E-state index >= 15 is 0 Å². The lowest BCUT2D eigenvalue weighted by atomic mass is 9.93. The fourth-order valence-corrected chi connectivity index (χ4v) is 2.68. The third-order valence-electron chi connectivity index (χ3n) is 3.42. The van der Waals surface area contributed by atoms with E-state index in [0.717, 1.165) is 0 Å². The highest BCUT2D eigenvalue weighted by atomic mass is 16.8. The van der Waals surface area contributed by atoms with Crippen molar-refractivity contribution in [3.8, 4) is 6.07 Å². The first kappa shape index (κ1) is 12.7. The summed E-state index contributed by atoms with van der Waals surface area (Å²) >= 11 is 0. The van der Waals surface area contributed by atoms with Gasteiger partial charge in [-0.3, -0.25) is 0 Å². The van der Waals surface area contributed by atoms with Gasteiger partial charge in [-0.15, -0.1) is 0 Å². The normalized spacial score (nSPS) is 49.0. The Labute approximate surface area is 100 Å². The lowest BCUT2D eigenvalue weighted by molar-refractivity contribution is -0.298. The molecule has 2 bridgehead atoms. The third-order valence-corrected chi connectivity index (χ3v) is 3.42. The summed E-state index contributed by atoms with van der Waals surface area (Å²) in [6, 6.07) is 2.08. The van der Waals surface area contributed by atoms with Crippen molar-refractivity contribution in [3.05, 3.63) is 0 Å². The summed E-state index contributed by atoms with van der Waals surface area (Å²) in [4.78, 5) is 0. The predicted molar refractivity (Wildman–Crippen MR) is 56.2 cm³/mol. The van der Waals surface area contributed by atoms with E-state index in [9.17, 15) is 0 Å². The molecule has 2 fully saturated rings. The lowest BCUT2D eigenvalue weighted by Crippen LogP contribution is -2.61. The summed E-state index contributed by atoms with van der Waals surface area (Å²) in [6.07, 6.45) is -2.27. The standard InChI is InChI=1S/C11H17NO5/c1-11-10(15-4)9(14-3)8(13-2)7(17-11)6(5-12)16-11/h6-10H,1-4H3/t6-,7-,8-,9+,10+,11+/m1/s1. The summed E-state index contributed by atoms with van der Waals surface area (Å²) in [7, 11) is 4.70. The molecule has 0 unspecified atom stereocenters. The molecule has 0 aromatic carbocycles. The Morgan fingerprint density at radius 3 is 2.18 bits per heavy atom. The molecule has 6 nitrogen and oxygen atoms in total. The van der Waals surface area contributed by atoms with Crippen LogP contribution >= 0.6 is 0 Å². The van der Waals surface area contributed by atoms with Crippen LogP contribution in [0.1, 0.15) is 6.92 Å². The molecule has 2 saturated heterocycles. The van der Waals surface area contributed by atoms with Crippen molar-refractivity contribution < 1.29 is 23.7 Å². The molecular weight excluding hydrogens is 226 g/mol. The van der Waals surface area contributed by atoms with Crippen molar-refractivity contribution in [2.75, 3.05) is 21.3 Å². The van der Waals surface area contributed by atoms with Gasteiger partial charge in [0.25, 0.3) is 0 Å². The molecule has 0 aromatic heterocycles. The van der Waals surface area contributed by atoms with Crippen LogP contribution in [0.5, 0.6) is 0 Å². The Bertz CT molecular complexity index is 330. The van der Waals surface area contributed by atoms with Gasteiger partial charge < -0.3 is 23.7 Å². The van der Waals surface area contributed by atoms with Crippen molar-refractivity contribution in [3.63, 3.8) is 0 Å².